The van der Waals surface area contributed by atoms with Crippen LogP contribution in [0.25, 0.3) is 0 Å². The highest BCUT2D eigenvalue weighted by Gasteiger charge is 2.30. The zero-order valence-corrected chi connectivity index (χ0v) is 11.8. The molecule has 1 fully saturated rings. The first-order valence-electron chi connectivity index (χ1n) is 6.53. The van der Waals surface area contributed by atoms with E-state index in [1.165, 1.54) is 0 Å². The first-order valence-corrected chi connectivity index (χ1v) is 7.74. The van der Waals surface area contributed by atoms with Crippen molar-refractivity contribution in [3.63, 3.8) is 0 Å². The summed E-state index contributed by atoms with van der Waals surface area (Å²) < 4.78 is 17.9. The van der Waals surface area contributed by atoms with Gasteiger partial charge in [0.25, 0.3) is 0 Å². The van der Waals surface area contributed by atoms with E-state index < -0.39 is 10.8 Å². The summed E-state index contributed by atoms with van der Waals surface area (Å²) in [7, 11) is 0.672. The number of methoxy groups -OCH3 is 1. The van der Waals surface area contributed by atoms with E-state index in [0.29, 0.717) is 6.04 Å². The third kappa shape index (κ3) is 2.93. The fourth-order valence-corrected chi connectivity index (χ4v) is 4.25. The summed E-state index contributed by atoms with van der Waals surface area (Å²) in [5.74, 6) is 0.739. The number of ether oxygens (including phenoxy) is 1. The molecule has 0 amide bonds. The maximum atomic E-state index is 12.6. The molecule has 1 saturated carbocycles. The van der Waals surface area contributed by atoms with Crippen molar-refractivity contribution < 1.29 is 8.95 Å². The summed E-state index contributed by atoms with van der Waals surface area (Å²) in [4.78, 5) is 0.835. The Morgan fingerprint density at radius 2 is 2.17 bits per heavy atom. The van der Waals surface area contributed by atoms with Crippen molar-refractivity contribution in [2.45, 2.75) is 42.4 Å². The van der Waals surface area contributed by atoms with E-state index in [9.17, 15) is 4.21 Å². The van der Waals surface area contributed by atoms with E-state index in [2.05, 4.69) is 12.2 Å². The van der Waals surface area contributed by atoms with Crippen molar-refractivity contribution in [1.29, 1.82) is 0 Å². The van der Waals surface area contributed by atoms with Gasteiger partial charge in [0, 0.05) is 11.3 Å². The Hall–Kier alpha value is -0.870. The Labute approximate surface area is 111 Å². The van der Waals surface area contributed by atoms with Crippen LogP contribution in [0.2, 0.25) is 0 Å². The standard InChI is InChI=1S/C14H21NO2S/c1-3-15-11-8-9-12(10-11)18(16)14-7-5-4-6-13(14)17-2/h4-7,11-12,15H,3,8-10H2,1-2H3. The molecule has 3 atom stereocenters. The largest absolute Gasteiger partial charge is 0.495 e. The molecule has 1 aliphatic carbocycles. The third-order valence-corrected chi connectivity index (χ3v) is 5.27. The first kappa shape index (κ1) is 13.6. The van der Waals surface area contributed by atoms with Gasteiger partial charge in [-0.1, -0.05) is 19.1 Å². The lowest BCUT2D eigenvalue weighted by molar-refractivity contribution is 0.404. The van der Waals surface area contributed by atoms with Gasteiger partial charge in [-0.2, -0.15) is 0 Å². The number of benzene rings is 1. The minimum atomic E-state index is -0.959. The molecule has 0 saturated heterocycles. The molecule has 18 heavy (non-hydrogen) atoms. The second kappa shape index (κ2) is 6.34. The summed E-state index contributed by atoms with van der Waals surface area (Å²) in [6.45, 7) is 3.10. The average Bonchev–Trinajstić information content (AvgIpc) is 2.87. The highest BCUT2D eigenvalue weighted by Crippen LogP contribution is 2.31. The van der Waals surface area contributed by atoms with Gasteiger partial charge < -0.3 is 10.1 Å². The van der Waals surface area contributed by atoms with E-state index >= 15 is 0 Å². The summed E-state index contributed by atoms with van der Waals surface area (Å²) in [6, 6.07) is 8.15. The van der Waals surface area contributed by atoms with Crippen LogP contribution in [0.4, 0.5) is 0 Å². The van der Waals surface area contributed by atoms with Gasteiger partial charge in [-0.3, -0.25) is 4.21 Å². The molecule has 4 heteroatoms. The molecule has 2 rings (SSSR count). The molecule has 0 heterocycles. The molecule has 1 aromatic carbocycles. The topological polar surface area (TPSA) is 38.3 Å². The molecule has 0 aliphatic heterocycles. The van der Waals surface area contributed by atoms with E-state index in [1.807, 2.05) is 24.3 Å². The monoisotopic (exact) mass is 267 g/mol. The van der Waals surface area contributed by atoms with Crippen molar-refractivity contribution in [2.24, 2.45) is 0 Å². The van der Waals surface area contributed by atoms with Crippen LogP contribution in [0.5, 0.6) is 5.75 Å². The Morgan fingerprint density at radius 3 is 2.89 bits per heavy atom. The highest BCUT2D eigenvalue weighted by molar-refractivity contribution is 7.85. The van der Waals surface area contributed by atoms with E-state index in [-0.39, 0.29) is 5.25 Å². The number of hydrogen-bond acceptors (Lipinski definition) is 3. The Kier molecular flexibility index (Phi) is 4.78. The lowest BCUT2D eigenvalue weighted by Gasteiger charge is -2.14. The molecule has 1 aromatic rings. The normalized spacial score (nSPS) is 25.0. The lowest BCUT2D eigenvalue weighted by atomic mass is 10.2. The summed E-state index contributed by atoms with van der Waals surface area (Å²) in [6.07, 6.45) is 3.15. The molecule has 1 aliphatic rings. The van der Waals surface area contributed by atoms with Crippen molar-refractivity contribution in [2.75, 3.05) is 13.7 Å². The molecule has 1 N–H and O–H groups in total. The number of hydrogen-bond donors (Lipinski definition) is 1. The minimum absolute atomic E-state index is 0.255. The van der Waals surface area contributed by atoms with Crippen LogP contribution in [0.15, 0.2) is 29.2 Å². The van der Waals surface area contributed by atoms with Crippen LogP contribution in [0.3, 0.4) is 0 Å². The number of nitrogens with one attached hydrogen (secondary N) is 1. The average molecular weight is 267 g/mol. The molecule has 0 bridgehead atoms. The van der Waals surface area contributed by atoms with Crippen molar-refractivity contribution in [3.05, 3.63) is 24.3 Å². The predicted octanol–water partition coefficient (Wildman–Crippen LogP) is 2.33. The Bertz CT molecular complexity index is 422. The second-order valence-corrected chi connectivity index (χ2v) is 6.34. The lowest BCUT2D eigenvalue weighted by Crippen LogP contribution is -2.27. The van der Waals surface area contributed by atoms with Crippen molar-refractivity contribution in [1.82, 2.24) is 5.32 Å². The van der Waals surface area contributed by atoms with Crippen LogP contribution < -0.4 is 10.1 Å². The van der Waals surface area contributed by atoms with Gasteiger partial charge in [0.2, 0.25) is 0 Å². The van der Waals surface area contributed by atoms with Crippen molar-refractivity contribution in [3.8, 4) is 5.75 Å². The van der Waals surface area contributed by atoms with Crippen LogP contribution in [-0.4, -0.2) is 29.2 Å². The van der Waals surface area contributed by atoms with Gasteiger partial charge in [0.05, 0.1) is 22.8 Å². The van der Waals surface area contributed by atoms with Crippen LogP contribution >= 0.6 is 0 Å². The number of rotatable bonds is 5. The van der Waals surface area contributed by atoms with E-state index in [4.69, 9.17) is 4.74 Å². The van der Waals surface area contributed by atoms with Gasteiger partial charge in [-0.05, 0) is 37.9 Å². The van der Waals surface area contributed by atoms with E-state index in [0.717, 1.165) is 36.5 Å². The van der Waals surface area contributed by atoms with Crippen molar-refractivity contribution >= 4 is 10.8 Å². The molecule has 0 aromatic heterocycles. The molecule has 3 nitrogen and oxygen atoms in total. The molecule has 0 radical (unpaired) electrons. The zero-order valence-electron chi connectivity index (χ0n) is 11.0. The SMILES string of the molecule is CCNC1CCC(S(=O)c2ccccc2OC)C1. The molecule has 0 spiro atoms. The first-order chi connectivity index (χ1) is 8.76. The fraction of sp³-hybridized carbons (Fsp3) is 0.571. The molecule has 100 valence electrons. The maximum absolute atomic E-state index is 12.6. The highest BCUT2D eigenvalue weighted by atomic mass is 32.2. The molecular weight excluding hydrogens is 246 g/mol. The van der Waals surface area contributed by atoms with Gasteiger partial charge in [0.15, 0.2) is 0 Å². The number of para-hydroxylation sites is 1. The Morgan fingerprint density at radius 1 is 1.39 bits per heavy atom. The second-order valence-electron chi connectivity index (χ2n) is 4.64. The summed E-state index contributed by atoms with van der Waals surface area (Å²) in [5.41, 5.74) is 0. The third-order valence-electron chi connectivity index (χ3n) is 3.47. The summed E-state index contributed by atoms with van der Waals surface area (Å²) in [5, 5.41) is 3.70. The quantitative estimate of drug-likeness (QED) is 0.890. The molecule has 3 unspecified atom stereocenters. The fourth-order valence-electron chi connectivity index (χ4n) is 2.57. The predicted molar refractivity (Wildman–Crippen MR) is 74.5 cm³/mol. The smallest absolute Gasteiger partial charge is 0.134 e. The van der Waals surface area contributed by atoms with Gasteiger partial charge in [-0.25, -0.2) is 0 Å². The summed E-state index contributed by atoms with van der Waals surface area (Å²) >= 11 is 0. The Balaban J connectivity index is 2.08. The minimum Gasteiger partial charge on any atom is -0.495 e. The van der Waals surface area contributed by atoms with Gasteiger partial charge in [-0.15, -0.1) is 0 Å². The zero-order chi connectivity index (χ0) is 13.0. The van der Waals surface area contributed by atoms with E-state index in [1.54, 1.807) is 7.11 Å². The van der Waals surface area contributed by atoms with Gasteiger partial charge >= 0.3 is 0 Å². The van der Waals surface area contributed by atoms with Gasteiger partial charge in [0.1, 0.15) is 5.75 Å². The van der Waals surface area contributed by atoms with Crippen LogP contribution in [0, 0.1) is 0 Å². The van der Waals surface area contributed by atoms with Crippen LogP contribution in [-0.2, 0) is 10.8 Å². The maximum Gasteiger partial charge on any atom is 0.134 e. The molecular formula is C14H21NO2S. The van der Waals surface area contributed by atoms with Crippen LogP contribution in [0.1, 0.15) is 26.2 Å².